The van der Waals surface area contributed by atoms with Crippen molar-refractivity contribution in [3.63, 3.8) is 0 Å². The molecular weight excluding hydrogens is 737 g/mol. The van der Waals surface area contributed by atoms with Crippen molar-refractivity contribution in [2.45, 2.75) is 50.1 Å². The molecule has 0 spiro atoms. The second-order valence-electron chi connectivity index (χ2n) is 13.3. The van der Waals surface area contributed by atoms with Gasteiger partial charge in [0.25, 0.3) is 0 Å². The smallest absolute Gasteiger partial charge is 0.459 e. The summed E-state index contributed by atoms with van der Waals surface area (Å²) in [5, 5.41) is 2.73. The van der Waals surface area contributed by atoms with Crippen molar-refractivity contribution in [1.29, 1.82) is 0 Å². The van der Waals surface area contributed by atoms with E-state index in [2.05, 4.69) is 5.32 Å². The van der Waals surface area contributed by atoms with Gasteiger partial charge < -0.3 is 29.2 Å². The number of fused-ring (bicyclic) bond motifs is 3. The molecule has 5 aromatic rings. The van der Waals surface area contributed by atoms with Gasteiger partial charge in [0.1, 0.15) is 24.9 Å². The Morgan fingerprint density at radius 1 is 0.696 bits per heavy atom. The summed E-state index contributed by atoms with van der Waals surface area (Å²) in [5.74, 6) is -2.47. The number of phosphoric ester groups is 1. The number of carbonyl (C=O) groups is 3. The van der Waals surface area contributed by atoms with Crippen LogP contribution >= 0.6 is 7.82 Å². The van der Waals surface area contributed by atoms with Gasteiger partial charge in [-0.2, -0.15) is 0 Å². The van der Waals surface area contributed by atoms with Gasteiger partial charge in [0.05, 0.1) is 24.3 Å². The van der Waals surface area contributed by atoms with E-state index in [9.17, 15) is 23.8 Å². The third-order valence-electron chi connectivity index (χ3n) is 9.54. The fourth-order valence-corrected chi connectivity index (χ4v) is 7.92. The number of hydrogen-bond acceptors (Lipinski definition) is 10. The summed E-state index contributed by atoms with van der Waals surface area (Å²) in [5.41, 5.74) is 4.98. The lowest BCUT2D eigenvalue weighted by molar-refractivity contribution is -0.270. The van der Waals surface area contributed by atoms with Gasteiger partial charge in [-0.25, -0.2) is 14.2 Å². The van der Waals surface area contributed by atoms with Gasteiger partial charge in [-0.3, -0.25) is 13.8 Å². The lowest BCUT2D eigenvalue weighted by atomic mass is 9.96. The quantitative estimate of drug-likeness (QED) is 0.0901. The van der Waals surface area contributed by atoms with Gasteiger partial charge in [-0.05, 0) is 52.1 Å². The number of amides is 1. The van der Waals surface area contributed by atoms with E-state index in [-0.39, 0.29) is 24.3 Å². The fraction of sp³-hybridized carbons (Fsp3) is 0.233. The highest BCUT2D eigenvalue weighted by atomic mass is 31.2. The lowest BCUT2D eigenvalue weighted by Gasteiger charge is -2.45. The van der Waals surface area contributed by atoms with E-state index in [1.807, 2.05) is 78.9 Å². The minimum absolute atomic E-state index is 0.00886. The number of rotatable bonds is 14. The molecule has 56 heavy (non-hydrogen) atoms. The van der Waals surface area contributed by atoms with E-state index in [4.69, 9.17) is 28.0 Å². The second-order valence-corrected chi connectivity index (χ2v) is 14.7. The molecule has 288 valence electrons. The van der Waals surface area contributed by atoms with Gasteiger partial charge in [0.2, 0.25) is 5.91 Å². The average molecular weight is 778 g/mol. The molecule has 2 N–H and O–H groups in total. The standard InChI is InChI=1S/C43H40NO11P/c1-28(45)44-38-40(54-42(47)31-19-9-4-10-20-31)39(55-56(48,49)52-26-36-34-23-13-11-21-32(34)33-22-12-14-24-35(33)36)37(27-50-41(46)30-17-7-3-8-18-30)53-43(38)51-25-29-15-5-2-6-16-29/h2-24,36-40,43H,25-27H2,1H3,(H,44,45)(H,48,49)/t37-,38-,39-,40-,43+/m1/s1. The number of phosphoric acid groups is 1. The van der Waals surface area contributed by atoms with E-state index in [1.165, 1.54) is 19.1 Å². The fourth-order valence-electron chi connectivity index (χ4n) is 6.96. The van der Waals surface area contributed by atoms with Crippen molar-refractivity contribution in [3.8, 4) is 11.1 Å². The minimum atomic E-state index is -5.04. The largest absolute Gasteiger partial charge is 0.472 e. The van der Waals surface area contributed by atoms with Crippen LogP contribution in [0.2, 0.25) is 0 Å². The Bertz CT molecular complexity index is 2140. The van der Waals surface area contributed by atoms with E-state index < -0.39 is 68.8 Å². The third kappa shape index (κ3) is 9.14. The number of ether oxygens (including phenoxy) is 4. The van der Waals surface area contributed by atoms with Crippen molar-refractivity contribution in [3.05, 3.63) is 167 Å². The van der Waals surface area contributed by atoms with Crippen molar-refractivity contribution in [2.24, 2.45) is 0 Å². The predicted octanol–water partition coefficient (Wildman–Crippen LogP) is 6.83. The van der Waals surface area contributed by atoms with E-state index in [0.29, 0.717) is 0 Å². The van der Waals surface area contributed by atoms with Crippen LogP contribution in [0.15, 0.2) is 140 Å². The third-order valence-corrected chi connectivity index (χ3v) is 10.5. The number of esters is 2. The van der Waals surface area contributed by atoms with E-state index in [0.717, 1.165) is 27.8 Å². The summed E-state index contributed by atoms with van der Waals surface area (Å²) in [6.45, 7) is 0.495. The van der Waals surface area contributed by atoms with Crippen LogP contribution in [0.3, 0.4) is 0 Å². The van der Waals surface area contributed by atoms with Gasteiger partial charge in [-0.1, -0.05) is 115 Å². The molecular formula is C43H40NO11P. The topological polar surface area (TPSA) is 156 Å². The normalized spacial score (nSPS) is 21.2. The summed E-state index contributed by atoms with van der Waals surface area (Å²) in [6.07, 6.45) is -5.87. The Morgan fingerprint density at radius 3 is 1.82 bits per heavy atom. The molecule has 12 nitrogen and oxygen atoms in total. The molecule has 6 atom stereocenters. The summed E-state index contributed by atoms with van der Waals surface area (Å²) >= 11 is 0. The molecule has 13 heteroatoms. The molecule has 1 fully saturated rings. The Morgan fingerprint density at radius 2 is 1.23 bits per heavy atom. The van der Waals surface area contributed by atoms with Crippen LogP contribution in [-0.2, 0) is 44.0 Å². The van der Waals surface area contributed by atoms with E-state index in [1.54, 1.807) is 48.5 Å². The van der Waals surface area contributed by atoms with Crippen LogP contribution in [-0.4, -0.2) is 66.6 Å². The van der Waals surface area contributed by atoms with E-state index >= 15 is 0 Å². The molecule has 0 aromatic heterocycles. The Kier molecular flexibility index (Phi) is 12.2. The molecule has 1 unspecified atom stereocenters. The van der Waals surface area contributed by atoms with Crippen molar-refractivity contribution in [2.75, 3.05) is 13.2 Å². The molecule has 1 amide bonds. The van der Waals surface area contributed by atoms with Crippen LogP contribution in [0, 0.1) is 0 Å². The number of carbonyl (C=O) groups excluding carboxylic acids is 3. The highest BCUT2D eigenvalue weighted by Gasteiger charge is 2.53. The summed E-state index contributed by atoms with van der Waals surface area (Å²) in [6, 6.07) is 39.6. The minimum Gasteiger partial charge on any atom is -0.459 e. The Labute approximate surface area is 323 Å². The maximum absolute atomic E-state index is 14.1. The molecule has 5 aromatic carbocycles. The highest BCUT2D eigenvalue weighted by molar-refractivity contribution is 7.47. The average Bonchev–Trinajstić information content (AvgIpc) is 3.54. The Hall–Kier alpha value is -5.46. The van der Waals surface area contributed by atoms with Crippen molar-refractivity contribution >= 4 is 25.7 Å². The monoisotopic (exact) mass is 777 g/mol. The van der Waals surface area contributed by atoms with Gasteiger partial charge in [-0.15, -0.1) is 0 Å². The summed E-state index contributed by atoms with van der Waals surface area (Å²) < 4.78 is 50.0. The first kappa shape index (κ1) is 38.8. The van der Waals surface area contributed by atoms with Crippen molar-refractivity contribution < 1.29 is 51.8 Å². The molecule has 1 aliphatic carbocycles. The first-order valence-electron chi connectivity index (χ1n) is 18.1. The van der Waals surface area contributed by atoms with Crippen LogP contribution in [0.1, 0.15) is 50.2 Å². The maximum Gasteiger partial charge on any atom is 0.472 e. The van der Waals surface area contributed by atoms with Crippen LogP contribution in [0.25, 0.3) is 11.1 Å². The van der Waals surface area contributed by atoms with Crippen LogP contribution < -0.4 is 5.32 Å². The second kappa shape index (κ2) is 17.6. The van der Waals surface area contributed by atoms with Crippen LogP contribution in [0.5, 0.6) is 0 Å². The maximum atomic E-state index is 14.1. The number of nitrogens with one attached hydrogen (secondary N) is 1. The lowest BCUT2D eigenvalue weighted by Crippen LogP contribution is -2.66. The molecule has 0 bridgehead atoms. The molecule has 7 rings (SSSR count). The molecule has 2 aliphatic rings. The first-order chi connectivity index (χ1) is 27.2. The summed E-state index contributed by atoms with van der Waals surface area (Å²) in [7, 11) is -5.04. The molecule has 0 radical (unpaired) electrons. The first-order valence-corrected chi connectivity index (χ1v) is 19.6. The molecule has 1 saturated heterocycles. The zero-order valence-electron chi connectivity index (χ0n) is 30.3. The summed E-state index contributed by atoms with van der Waals surface area (Å²) in [4.78, 5) is 51.0. The number of hydrogen-bond donors (Lipinski definition) is 2. The van der Waals surface area contributed by atoms with Gasteiger partial charge >= 0.3 is 19.8 Å². The molecule has 0 saturated carbocycles. The van der Waals surface area contributed by atoms with Crippen LogP contribution in [0.4, 0.5) is 0 Å². The highest BCUT2D eigenvalue weighted by Crippen LogP contribution is 2.51. The zero-order chi connectivity index (χ0) is 39.1. The number of benzene rings is 5. The predicted molar refractivity (Wildman–Crippen MR) is 204 cm³/mol. The van der Waals surface area contributed by atoms with Gasteiger partial charge in [0, 0.05) is 12.8 Å². The zero-order valence-corrected chi connectivity index (χ0v) is 31.2. The SMILES string of the molecule is CC(=O)N[C@H]1[C@@H](OCc2ccccc2)O[C@H](COC(=O)c2ccccc2)[C@@H](OP(=O)(O)OCC2c3ccccc3-c3ccccc32)[C@@H]1OC(=O)c1ccccc1. The van der Waals surface area contributed by atoms with Gasteiger partial charge in [0.15, 0.2) is 12.4 Å². The van der Waals surface area contributed by atoms with Crippen molar-refractivity contribution in [1.82, 2.24) is 5.32 Å². The Balaban J connectivity index is 1.21. The molecule has 1 heterocycles. The molecule has 1 aliphatic heterocycles.